The van der Waals surface area contributed by atoms with Gasteiger partial charge in [-0.3, -0.25) is 4.79 Å². The van der Waals surface area contributed by atoms with E-state index in [0.717, 1.165) is 18.2 Å². The Morgan fingerprint density at radius 1 is 1.11 bits per heavy atom. The van der Waals surface area contributed by atoms with E-state index >= 15 is 0 Å². The lowest BCUT2D eigenvalue weighted by Crippen LogP contribution is -2.31. The Morgan fingerprint density at radius 3 is 2.43 bits per heavy atom. The van der Waals surface area contributed by atoms with E-state index in [1.54, 1.807) is 0 Å². The second kappa shape index (κ2) is 7.51. The number of amides is 1. The number of rotatable bonds is 5. The van der Waals surface area contributed by atoms with Crippen molar-refractivity contribution in [1.82, 2.24) is 4.72 Å². The lowest BCUT2D eigenvalue weighted by atomic mass is 10.1. The van der Waals surface area contributed by atoms with E-state index in [1.165, 1.54) is 29.2 Å². The minimum atomic E-state index is -4.65. The van der Waals surface area contributed by atoms with Crippen LogP contribution < -0.4 is 9.62 Å². The Morgan fingerprint density at radius 2 is 1.79 bits per heavy atom. The standard InChI is InChI=1S/C18H16F4N2O3S/c19-14-4-6-15(7-5-14)24-11-12(8-17(24)25)10-23-28(26,27)16-3-1-2-13(9-16)18(20,21)22/h1-7,9,12,23H,8,10-11H2/t12-/m0/s1. The summed E-state index contributed by atoms with van der Waals surface area (Å²) in [6.45, 7) is 0.109. The molecule has 28 heavy (non-hydrogen) atoms. The molecule has 1 saturated heterocycles. The van der Waals surface area contributed by atoms with Crippen molar-refractivity contribution in [3.63, 3.8) is 0 Å². The molecule has 1 atom stereocenters. The molecule has 1 fully saturated rings. The number of anilines is 1. The first kappa shape index (κ1) is 20.3. The molecule has 0 radical (unpaired) electrons. The molecule has 5 nitrogen and oxygen atoms in total. The van der Waals surface area contributed by atoms with Crippen LogP contribution in [0.2, 0.25) is 0 Å². The van der Waals surface area contributed by atoms with Crippen molar-refractivity contribution in [3.8, 4) is 0 Å². The predicted molar refractivity (Wildman–Crippen MR) is 93.5 cm³/mol. The SMILES string of the molecule is O=C1C[C@@H](CNS(=O)(=O)c2cccc(C(F)(F)F)c2)CN1c1ccc(F)cc1. The molecule has 0 aromatic heterocycles. The van der Waals surface area contributed by atoms with Gasteiger partial charge in [-0.1, -0.05) is 6.07 Å². The van der Waals surface area contributed by atoms with Crippen LogP contribution in [0.25, 0.3) is 0 Å². The molecule has 1 heterocycles. The number of benzene rings is 2. The maximum atomic E-state index is 13.0. The predicted octanol–water partition coefficient (Wildman–Crippen LogP) is 3.18. The molecule has 3 rings (SSSR count). The van der Waals surface area contributed by atoms with Gasteiger partial charge >= 0.3 is 6.18 Å². The molecule has 0 spiro atoms. The van der Waals surface area contributed by atoms with Crippen LogP contribution >= 0.6 is 0 Å². The number of alkyl halides is 3. The highest BCUT2D eigenvalue weighted by atomic mass is 32.2. The molecule has 150 valence electrons. The van der Waals surface area contributed by atoms with Gasteiger partial charge in [0, 0.05) is 25.2 Å². The topological polar surface area (TPSA) is 66.5 Å². The lowest BCUT2D eigenvalue weighted by molar-refractivity contribution is -0.137. The van der Waals surface area contributed by atoms with Gasteiger partial charge in [0.05, 0.1) is 10.5 Å². The summed E-state index contributed by atoms with van der Waals surface area (Å²) >= 11 is 0. The summed E-state index contributed by atoms with van der Waals surface area (Å²) in [6.07, 6.45) is -4.58. The molecule has 0 saturated carbocycles. The Balaban J connectivity index is 1.67. The van der Waals surface area contributed by atoms with Crippen LogP contribution in [0.4, 0.5) is 23.2 Å². The first-order valence-electron chi connectivity index (χ1n) is 8.29. The first-order valence-corrected chi connectivity index (χ1v) is 9.77. The quantitative estimate of drug-likeness (QED) is 0.762. The molecule has 1 amide bonds. The Hall–Kier alpha value is -2.46. The van der Waals surface area contributed by atoms with Crippen molar-refractivity contribution in [2.75, 3.05) is 18.0 Å². The van der Waals surface area contributed by atoms with Crippen LogP contribution in [-0.4, -0.2) is 27.4 Å². The Bertz CT molecular complexity index is 975. The maximum Gasteiger partial charge on any atom is 0.416 e. The average molecular weight is 416 g/mol. The minimum Gasteiger partial charge on any atom is -0.312 e. The lowest BCUT2D eigenvalue weighted by Gasteiger charge is -2.17. The van der Waals surface area contributed by atoms with Crippen LogP contribution in [0.15, 0.2) is 53.4 Å². The number of halogens is 4. The minimum absolute atomic E-state index is 0.0719. The Kier molecular flexibility index (Phi) is 5.44. The molecule has 0 bridgehead atoms. The summed E-state index contributed by atoms with van der Waals surface area (Å²) in [5.41, 5.74) is -0.566. The van der Waals surface area contributed by atoms with Crippen molar-refractivity contribution in [3.05, 3.63) is 59.9 Å². The molecule has 10 heteroatoms. The highest BCUT2D eigenvalue weighted by Crippen LogP contribution is 2.30. The number of hydrogen-bond acceptors (Lipinski definition) is 3. The third-order valence-electron chi connectivity index (χ3n) is 4.38. The molecular weight excluding hydrogens is 400 g/mol. The summed E-state index contributed by atoms with van der Waals surface area (Å²) in [5.74, 6) is -1.05. The van der Waals surface area contributed by atoms with E-state index in [-0.39, 0.29) is 31.3 Å². The zero-order valence-electron chi connectivity index (χ0n) is 14.4. The fourth-order valence-electron chi connectivity index (χ4n) is 2.94. The monoisotopic (exact) mass is 416 g/mol. The maximum absolute atomic E-state index is 13.0. The van der Waals surface area contributed by atoms with E-state index < -0.39 is 32.5 Å². The largest absolute Gasteiger partial charge is 0.416 e. The molecule has 1 N–H and O–H groups in total. The van der Waals surface area contributed by atoms with Crippen LogP contribution in [0.3, 0.4) is 0 Å². The van der Waals surface area contributed by atoms with Crippen molar-refractivity contribution in [2.45, 2.75) is 17.5 Å². The van der Waals surface area contributed by atoms with Crippen molar-refractivity contribution >= 4 is 21.6 Å². The zero-order chi connectivity index (χ0) is 20.5. The summed E-state index contributed by atoms with van der Waals surface area (Å²) in [7, 11) is -4.17. The fourth-order valence-corrected chi connectivity index (χ4v) is 4.10. The van der Waals surface area contributed by atoms with E-state index in [9.17, 15) is 30.8 Å². The third-order valence-corrected chi connectivity index (χ3v) is 5.80. The molecule has 1 aliphatic heterocycles. The van der Waals surface area contributed by atoms with Gasteiger partial charge in [-0.25, -0.2) is 17.5 Å². The third kappa shape index (κ3) is 4.50. The molecule has 0 aliphatic carbocycles. The number of carbonyl (C=O) groups is 1. The number of nitrogens with one attached hydrogen (secondary N) is 1. The van der Waals surface area contributed by atoms with Crippen molar-refractivity contribution in [1.29, 1.82) is 0 Å². The summed E-state index contributed by atoms with van der Waals surface area (Å²) in [6, 6.07) is 8.76. The van der Waals surface area contributed by atoms with E-state index in [0.29, 0.717) is 11.8 Å². The molecule has 0 unspecified atom stereocenters. The second-order valence-electron chi connectivity index (χ2n) is 6.43. The normalized spacial score (nSPS) is 17.9. The van der Waals surface area contributed by atoms with Gasteiger partial charge < -0.3 is 4.90 Å². The first-order chi connectivity index (χ1) is 13.1. The van der Waals surface area contributed by atoms with Crippen molar-refractivity contribution in [2.24, 2.45) is 5.92 Å². The van der Waals surface area contributed by atoms with E-state index in [2.05, 4.69) is 4.72 Å². The molecule has 1 aliphatic rings. The number of sulfonamides is 1. The van der Waals surface area contributed by atoms with Crippen molar-refractivity contribution < 1.29 is 30.8 Å². The van der Waals surface area contributed by atoms with Gasteiger partial charge in [-0.2, -0.15) is 13.2 Å². The molecule has 2 aromatic carbocycles. The van der Waals surface area contributed by atoms with Gasteiger partial charge in [0.15, 0.2) is 0 Å². The van der Waals surface area contributed by atoms with Crippen LogP contribution in [0.1, 0.15) is 12.0 Å². The van der Waals surface area contributed by atoms with Gasteiger partial charge in [-0.05, 0) is 48.4 Å². The second-order valence-corrected chi connectivity index (χ2v) is 8.20. The summed E-state index contributed by atoms with van der Waals surface area (Å²) in [4.78, 5) is 13.1. The number of hydrogen-bond donors (Lipinski definition) is 1. The average Bonchev–Trinajstić information content (AvgIpc) is 3.01. The Labute approximate surface area is 159 Å². The zero-order valence-corrected chi connectivity index (χ0v) is 15.2. The van der Waals surface area contributed by atoms with Gasteiger partial charge in [0.25, 0.3) is 0 Å². The molecular formula is C18H16F4N2O3S. The number of carbonyl (C=O) groups excluding carboxylic acids is 1. The summed E-state index contributed by atoms with van der Waals surface area (Å²) < 4.78 is 78.2. The highest BCUT2D eigenvalue weighted by molar-refractivity contribution is 7.89. The van der Waals surface area contributed by atoms with Gasteiger partial charge in [0.1, 0.15) is 5.82 Å². The summed E-state index contributed by atoms with van der Waals surface area (Å²) in [5, 5.41) is 0. The fraction of sp³-hybridized carbons (Fsp3) is 0.278. The van der Waals surface area contributed by atoms with Crippen LogP contribution in [0.5, 0.6) is 0 Å². The van der Waals surface area contributed by atoms with Crippen LogP contribution in [-0.2, 0) is 21.0 Å². The van der Waals surface area contributed by atoms with E-state index in [4.69, 9.17) is 0 Å². The van der Waals surface area contributed by atoms with E-state index in [1.807, 2.05) is 0 Å². The van der Waals surface area contributed by atoms with Crippen LogP contribution in [0, 0.1) is 11.7 Å². The van der Waals surface area contributed by atoms with Gasteiger partial charge in [-0.15, -0.1) is 0 Å². The number of nitrogens with zero attached hydrogens (tertiary/aromatic N) is 1. The molecule has 2 aromatic rings. The smallest absolute Gasteiger partial charge is 0.312 e. The van der Waals surface area contributed by atoms with Gasteiger partial charge in [0.2, 0.25) is 15.9 Å². The highest BCUT2D eigenvalue weighted by Gasteiger charge is 2.33.